The van der Waals surface area contributed by atoms with Crippen LogP contribution in [0.3, 0.4) is 0 Å². The summed E-state index contributed by atoms with van der Waals surface area (Å²) in [6.45, 7) is 0. The van der Waals surface area contributed by atoms with Crippen molar-refractivity contribution >= 4 is 34.8 Å². The number of halogens is 1. The Bertz CT molecular complexity index is 849. The predicted molar refractivity (Wildman–Crippen MR) is 100 cm³/mol. The average molecular weight is 375 g/mol. The molecule has 0 atom stereocenters. The van der Waals surface area contributed by atoms with Crippen molar-refractivity contribution in [2.45, 2.75) is 12.8 Å². The van der Waals surface area contributed by atoms with Gasteiger partial charge in [-0.2, -0.15) is 0 Å². The van der Waals surface area contributed by atoms with E-state index in [0.29, 0.717) is 33.5 Å². The molecule has 0 unspecified atom stereocenters. The maximum Gasteiger partial charge on any atom is 0.255 e. The van der Waals surface area contributed by atoms with Crippen LogP contribution < -0.4 is 20.1 Å². The zero-order chi connectivity index (χ0) is 18.7. The highest BCUT2D eigenvalue weighted by Gasteiger charge is 2.29. The zero-order valence-electron chi connectivity index (χ0n) is 14.5. The lowest BCUT2D eigenvalue weighted by atomic mass is 10.1. The van der Waals surface area contributed by atoms with Crippen LogP contribution in [-0.2, 0) is 4.79 Å². The van der Waals surface area contributed by atoms with Crippen LogP contribution in [0.15, 0.2) is 36.4 Å². The minimum atomic E-state index is -0.341. The highest BCUT2D eigenvalue weighted by atomic mass is 35.5. The molecule has 2 aromatic carbocycles. The van der Waals surface area contributed by atoms with E-state index in [1.807, 2.05) is 0 Å². The number of methoxy groups -OCH3 is 2. The molecule has 0 aromatic heterocycles. The second-order valence-electron chi connectivity index (χ2n) is 5.99. The van der Waals surface area contributed by atoms with E-state index < -0.39 is 0 Å². The first kappa shape index (κ1) is 18.1. The second-order valence-corrected chi connectivity index (χ2v) is 6.39. The Labute approximate surface area is 156 Å². The van der Waals surface area contributed by atoms with Crippen molar-refractivity contribution in [2.24, 2.45) is 5.92 Å². The Hall–Kier alpha value is -2.73. The molecule has 3 rings (SSSR count). The number of hydrogen-bond acceptors (Lipinski definition) is 4. The largest absolute Gasteiger partial charge is 0.495 e. The SMILES string of the molecule is COc1cc(OC)c(NC(=O)c2cccc(NC(=O)C3CC3)c2)cc1Cl. The molecular formula is C19H19ClN2O4. The van der Waals surface area contributed by atoms with Crippen LogP contribution in [0.25, 0.3) is 0 Å². The molecule has 2 N–H and O–H groups in total. The third-order valence-electron chi connectivity index (χ3n) is 4.06. The Balaban J connectivity index is 1.77. The molecule has 1 aliphatic rings. The molecule has 0 aliphatic heterocycles. The van der Waals surface area contributed by atoms with Crippen molar-refractivity contribution in [2.75, 3.05) is 24.9 Å². The van der Waals surface area contributed by atoms with E-state index in [9.17, 15) is 9.59 Å². The van der Waals surface area contributed by atoms with Crippen LogP contribution in [0, 0.1) is 5.92 Å². The fourth-order valence-corrected chi connectivity index (χ4v) is 2.72. The molecule has 0 heterocycles. The van der Waals surface area contributed by atoms with Crippen molar-refractivity contribution in [3.8, 4) is 11.5 Å². The van der Waals surface area contributed by atoms with Gasteiger partial charge in [0.2, 0.25) is 5.91 Å². The van der Waals surface area contributed by atoms with Crippen molar-refractivity contribution in [1.29, 1.82) is 0 Å². The van der Waals surface area contributed by atoms with Crippen LogP contribution in [0.4, 0.5) is 11.4 Å². The summed E-state index contributed by atoms with van der Waals surface area (Å²) in [4.78, 5) is 24.5. The van der Waals surface area contributed by atoms with Gasteiger partial charge in [0.25, 0.3) is 5.91 Å². The van der Waals surface area contributed by atoms with Gasteiger partial charge in [-0.05, 0) is 37.1 Å². The van der Waals surface area contributed by atoms with E-state index in [4.69, 9.17) is 21.1 Å². The number of ether oxygens (including phenoxy) is 2. The monoisotopic (exact) mass is 374 g/mol. The number of rotatable bonds is 6. The lowest BCUT2D eigenvalue weighted by molar-refractivity contribution is -0.117. The third kappa shape index (κ3) is 4.08. The fraction of sp³-hybridized carbons (Fsp3) is 0.263. The Kier molecular flexibility index (Phi) is 5.32. The number of carbonyl (C=O) groups excluding carboxylic acids is 2. The van der Waals surface area contributed by atoms with Gasteiger partial charge in [0.1, 0.15) is 11.5 Å². The molecule has 1 saturated carbocycles. The summed E-state index contributed by atoms with van der Waals surface area (Å²) in [5.74, 6) is 0.625. The van der Waals surface area contributed by atoms with E-state index >= 15 is 0 Å². The van der Waals surface area contributed by atoms with E-state index in [0.717, 1.165) is 12.8 Å². The first-order valence-corrected chi connectivity index (χ1v) is 8.53. The topological polar surface area (TPSA) is 76.7 Å². The number of nitrogens with one attached hydrogen (secondary N) is 2. The zero-order valence-corrected chi connectivity index (χ0v) is 15.2. The molecule has 26 heavy (non-hydrogen) atoms. The number of amides is 2. The highest BCUT2D eigenvalue weighted by Crippen LogP contribution is 2.36. The lowest BCUT2D eigenvalue weighted by Crippen LogP contribution is -2.15. The molecule has 7 heteroatoms. The Morgan fingerprint density at radius 1 is 1.04 bits per heavy atom. The number of benzene rings is 2. The molecule has 2 amide bonds. The van der Waals surface area contributed by atoms with E-state index in [-0.39, 0.29) is 17.7 Å². The average Bonchev–Trinajstić information content (AvgIpc) is 3.47. The molecule has 2 aromatic rings. The molecule has 1 aliphatic carbocycles. The molecule has 136 valence electrons. The fourth-order valence-electron chi connectivity index (χ4n) is 2.48. The summed E-state index contributed by atoms with van der Waals surface area (Å²) in [5, 5.41) is 5.95. The lowest BCUT2D eigenvalue weighted by Gasteiger charge is -2.13. The molecule has 0 bridgehead atoms. The highest BCUT2D eigenvalue weighted by molar-refractivity contribution is 6.32. The minimum Gasteiger partial charge on any atom is -0.495 e. The maximum absolute atomic E-state index is 12.6. The standard InChI is InChI=1S/C19H19ClN2O4/c1-25-16-10-17(26-2)15(9-14(16)20)22-19(24)12-4-3-5-13(8-12)21-18(23)11-6-7-11/h3-5,8-11H,6-7H2,1-2H3,(H,21,23)(H,22,24). The van der Waals surface area contributed by atoms with Gasteiger partial charge in [-0.25, -0.2) is 0 Å². The molecule has 0 saturated heterocycles. The van der Waals surface area contributed by atoms with Gasteiger partial charge in [-0.1, -0.05) is 17.7 Å². The van der Waals surface area contributed by atoms with Gasteiger partial charge in [0, 0.05) is 23.2 Å². The van der Waals surface area contributed by atoms with Crippen molar-refractivity contribution in [3.05, 3.63) is 47.0 Å². The minimum absolute atomic E-state index is 0.00818. The van der Waals surface area contributed by atoms with Gasteiger partial charge in [0.15, 0.2) is 0 Å². The second kappa shape index (κ2) is 7.66. The summed E-state index contributed by atoms with van der Waals surface area (Å²) >= 11 is 6.13. The van der Waals surface area contributed by atoms with Crippen molar-refractivity contribution < 1.29 is 19.1 Å². The van der Waals surface area contributed by atoms with E-state index in [1.54, 1.807) is 36.4 Å². The first-order valence-electron chi connectivity index (χ1n) is 8.15. The van der Waals surface area contributed by atoms with Crippen LogP contribution in [0.2, 0.25) is 5.02 Å². The van der Waals surface area contributed by atoms with Gasteiger partial charge in [-0.3, -0.25) is 9.59 Å². The predicted octanol–water partition coefficient (Wildman–Crippen LogP) is 3.96. The molecule has 0 spiro atoms. The van der Waals surface area contributed by atoms with Crippen molar-refractivity contribution in [1.82, 2.24) is 0 Å². The summed E-state index contributed by atoms with van der Waals surface area (Å²) in [7, 11) is 2.99. The summed E-state index contributed by atoms with van der Waals surface area (Å²) in [6.07, 6.45) is 1.84. The first-order chi connectivity index (χ1) is 12.5. The van der Waals surface area contributed by atoms with Crippen LogP contribution in [0.1, 0.15) is 23.2 Å². The quantitative estimate of drug-likeness (QED) is 0.802. The summed E-state index contributed by atoms with van der Waals surface area (Å²) in [6, 6.07) is 9.94. The van der Waals surface area contributed by atoms with Gasteiger partial charge in [0.05, 0.1) is 24.9 Å². The third-order valence-corrected chi connectivity index (χ3v) is 4.36. The molecule has 6 nitrogen and oxygen atoms in total. The molecular weight excluding hydrogens is 356 g/mol. The number of anilines is 2. The molecule has 1 fully saturated rings. The Morgan fingerprint density at radius 3 is 2.42 bits per heavy atom. The number of hydrogen-bond donors (Lipinski definition) is 2. The van der Waals surface area contributed by atoms with Crippen LogP contribution in [-0.4, -0.2) is 26.0 Å². The molecule has 0 radical (unpaired) electrons. The summed E-state index contributed by atoms with van der Waals surface area (Å²) < 4.78 is 10.4. The van der Waals surface area contributed by atoms with E-state index in [2.05, 4.69) is 10.6 Å². The maximum atomic E-state index is 12.6. The van der Waals surface area contributed by atoms with Crippen LogP contribution >= 0.6 is 11.6 Å². The normalized spacial score (nSPS) is 13.0. The van der Waals surface area contributed by atoms with Gasteiger partial charge >= 0.3 is 0 Å². The van der Waals surface area contributed by atoms with Gasteiger partial charge < -0.3 is 20.1 Å². The van der Waals surface area contributed by atoms with E-state index in [1.165, 1.54) is 14.2 Å². The Morgan fingerprint density at radius 2 is 1.77 bits per heavy atom. The smallest absolute Gasteiger partial charge is 0.255 e. The van der Waals surface area contributed by atoms with Gasteiger partial charge in [-0.15, -0.1) is 0 Å². The van der Waals surface area contributed by atoms with Crippen LogP contribution in [0.5, 0.6) is 11.5 Å². The summed E-state index contributed by atoms with van der Waals surface area (Å²) in [5.41, 5.74) is 1.43. The number of carbonyl (C=O) groups is 2. The van der Waals surface area contributed by atoms with Crippen molar-refractivity contribution in [3.63, 3.8) is 0 Å².